The second-order valence-corrected chi connectivity index (χ2v) is 4.84. The number of rotatable bonds is 3. The summed E-state index contributed by atoms with van der Waals surface area (Å²) < 4.78 is 0. The molecule has 0 aliphatic carbocycles. The van der Waals surface area contributed by atoms with E-state index in [1.54, 1.807) is 18.3 Å². The number of hydrogen-bond acceptors (Lipinski definition) is 3. The Kier molecular flexibility index (Phi) is 3.76. The number of pyridine rings is 1. The van der Waals surface area contributed by atoms with Gasteiger partial charge < -0.3 is 0 Å². The molecule has 0 saturated heterocycles. The Morgan fingerprint density at radius 2 is 1.68 bits per heavy atom. The van der Waals surface area contributed by atoms with Gasteiger partial charge in [-0.25, -0.2) is 0 Å². The topological polar surface area (TPSA) is 53.8 Å². The van der Waals surface area contributed by atoms with Gasteiger partial charge in [0.25, 0.3) is 0 Å². The summed E-state index contributed by atoms with van der Waals surface area (Å²) in [6.45, 7) is 0. The third-order valence-electron chi connectivity index (χ3n) is 3.42. The van der Waals surface area contributed by atoms with Gasteiger partial charge in [-0.2, -0.15) is 5.26 Å². The maximum atomic E-state index is 10.8. The third-order valence-corrected chi connectivity index (χ3v) is 3.42. The number of aromatic nitrogens is 1. The molecule has 0 bridgehead atoms. The number of nitriles is 1. The van der Waals surface area contributed by atoms with Gasteiger partial charge in [0.2, 0.25) is 0 Å². The highest BCUT2D eigenvalue weighted by Crippen LogP contribution is 2.31. The fraction of sp³-hybridized carbons (Fsp3) is 0. The molecule has 0 radical (unpaired) electrons. The molecule has 0 fully saturated rings. The van der Waals surface area contributed by atoms with Gasteiger partial charge in [0, 0.05) is 22.9 Å². The summed E-state index contributed by atoms with van der Waals surface area (Å²) in [5.41, 5.74) is 4.75. The molecule has 0 aliphatic heterocycles. The molecular formula is C19H12N2O. The van der Waals surface area contributed by atoms with Gasteiger partial charge in [0.1, 0.15) is 12.4 Å². The fourth-order valence-corrected chi connectivity index (χ4v) is 2.31. The first kappa shape index (κ1) is 13.7. The van der Waals surface area contributed by atoms with E-state index in [9.17, 15) is 4.79 Å². The summed E-state index contributed by atoms with van der Waals surface area (Å²) in [4.78, 5) is 15.2. The lowest BCUT2D eigenvalue weighted by atomic mass is 9.97. The minimum absolute atomic E-state index is 0.520. The smallest absolute Gasteiger partial charge is 0.150 e. The number of benzene rings is 2. The standard InChI is InChI=1S/C19H12N2O/c20-11-15-10-18(16-4-2-1-3-5-16)19(21-12-15)17-8-6-14(13-22)7-9-17/h1-10,12-13H. The molecule has 3 aromatic rings. The summed E-state index contributed by atoms with van der Waals surface area (Å²) in [5.74, 6) is 0. The predicted molar refractivity (Wildman–Crippen MR) is 85.2 cm³/mol. The lowest BCUT2D eigenvalue weighted by Gasteiger charge is -2.10. The van der Waals surface area contributed by atoms with Gasteiger partial charge in [0.15, 0.2) is 0 Å². The lowest BCUT2D eigenvalue weighted by Crippen LogP contribution is -1.92. The van der Waals surface area contributed by atoms with E-state index >= 15 is 0 Å². The van der Waals surface area contributed by atoms with Crippen molar-refractivity contribution in [1.29, 1.82) is 5.26 Å². The van der Waals surface area contributed by atoms with Crippen molar-refractivity contribution in [2.24, 2.45) is 0 Å². The van der Waals surface area contributed by atoms with Crippen LogP contribution in [0.25, 0.3) is 22.4 Å². The Hall–Kier alpha value is -3.25. The first-order valence-corrected chi connectivity index (χ1v) is 6.83. The number of carbonyl (C=O) groups is 1. The summed E-state index contributed by atoms with van der Waals surface area (Å²) in [5, 5.41) is 9.11. The number of carbonyl (C=O) groups excluding carboxylic acids is 1. The first-order chi connectivity index (χ1) is 10.8. The molecule has 3 rings (SSSR count). The van der Waals surface area contributed by atoms with Crippen LogP contribution in [0.1, 0.15) is 15.9 Å². The quantitative estimate of drug-likeness (QED) is 0.680. The van der Waals surface area contributed by atoms with Crippen molar-refractivity contribution < 1.29 is 4.79 Å². The van der Waals surface area contributed by atoms with Crippen molar-refractivity contribution in [2.45, 2.75) is 0 Å². The maximum absolute atomic E-state index is 10.8. The van der Waals surface area contributed by atoms with Crippen LogP contribution in [-0.2, 0) is 0 Å². The van der Waals surface area contributed by atoms with Gasteiger partial charge in [-0.15, -0.1) is 0 Å². The number of hydrogen-bond donors (Lipinski definition) is 0. The molecule has 0 saturated carbocycles. The largest absolute Gasteiger partial charge is 0.298 e. The predicted octanol–water partition coefficient (Wildman–Crippen LogP) is 4.10. The van der Waals surface area contributed by atoms with Crippen molar-refractivity contribution in [3.8, 4) is 28.5 Å². The molecule has 3 heteroatoms. The van der Waals surface area contributed by atoms with Crippen LogP contribution >= 0.6 is 0 Å². The van der Waals surface area contributed by atoms with E-state index in [2.05, 4.69) is 11.1 Å². The van der Waals surface area contributed by atoms with Crippen LogP contribution in [0.2, 0.25) is 0 Å². The highest BCUT2D eigenvalue weighted by Gasteiger charge is 2.10. The first-order valence-electron chi connectivity index (χ1n) is 6.83. The Labute approximate surface area is 128 Å². The summed E-state index contributed by atoms with van der Waals surface area (Å²) in [6.07, 6.45) is 2.38. The van der Waals surface area contributed by atoms with Crippen molar-refractivity contribution in [2.75, 3.05) is 0 Å². The van der Waals surface area contributed by atoms with Gasteiger partial charge in [-0.3, -0.25) is 9.78 Å². The Bertz CT molecular complexity index is 847. The lowest BCUT2D eigenvalue weighted by molar-refractivity contribution is 0.112. The summed E-state index contributed by atoms with van der Waals surface area (Å²) >= 11 is 0. The van der Waals surface area contributed by atoms with Gasteiger partial charge in [0.05, 0.1) is 11.3 Å². The molecule has 104 valence electrons. The van der Waals surface area contributed by atoms with Crippen molar-refractivity contribution in [3.63, 3.8) is 0 Å². The molecule has 1 heterocycles. The van der Waals surface area contributed by atoms with E-state index in [-0.39, 0.29) is 0 Å². The average Bonchev–Trinajstić information content (AvgIpc) is 2.62. The molecule has 0 N–H and O–H groups in total. The van der Waals surface area contributed by atoms with E-state index in [4.69, 9.17) is 5.26 Å². The van der Waals surface area contributed by atoms with Crippen molar-refractivity contribution in [3.05, 3.63) is 78.0 Å². The van der Waals surface area contributed by atoms with E-state index < -0.39 is 0 Å². The Morgan fingerprint density at radius 1 is 0.955 bits per heavy atom. The second kappa shape index (κ2) is 6.02. The molecule has 1 aromatic heterocycles. The van der Waals surface area contributed by atoms with Crippen LogP contribution in [0, 0.1) is 11.3 Å². The second-order valence-electron chi connectivity index (χ2n) is 4.84. The fourth-order valence-electron chi connectivity index (χ4n) is 2.31. The molecule has 0 atom stereocenters. The van der Waals surface area contributed by atoms with Crippen LogP contribution in [0.15, 0.2) is 66.9 Å². The Morgan fingerprint density at radius 3 is 2.32 bits per heavy atom. The van der Waals surface area contributed by atoms with Gasteiger partial charge in [-0.05, 0) is 11.6 Å². The SMILES string of the molecule is N#Cc1cnc(-c2ccc(C=O)cc2)c(-c2ccccc2)c1. The number of nitrogens with zero attached hydrogens (tertiary/aromatic N) is 2. The average molecular weight is 284 g/mol. The highest BCUT2D eigenvalue weighted by molar-refractivity contribution is 5.83. The van der Waals surface area contributed by atoms with Crippen LogP contribution in [0.4, 0.5) is 0 Å². The zero-order valence-corrected chi connectivity index (χ0v) is 11.7. The molecule has 0 unspecified atom stereocenters. The van der Waals surface area contributed by atoms with Crippen molar-refractivity contribution in [1.82, 2.24) is 4.98 Å². The normalized spacial score (nSPS) is 9.95. The van der Waals surface area contributed by atoms with Gasteiger partial charge in [-0.1, -0.05) is 54.6 Å². The molecule has 3 nitrogen and oxygen atoms in total. The van der Waals surface area contributed by atoms with E-state index in [1.807, 2.05) is 48.5 Å². The summed E-state index contributed by atoms with van der Waals surface area (Å²) in [7, 11) is 0. The van der Waals surface area contributed by atoms with Crippen LogP contribution in [0.3, 0.4) is 0 Å². The minimum atomic E-state index is 0.520. The van der Waals surface area contributed by atoms with Gasteiger partial charge >= 0.3 is 0 Å². The Balaban J connectivity index is 2.18. The minimum Gasteiger partial charge on any atom is -0.298 e. The molecule has 0 spiro atoms. The van der Waals surface area contributed by atoms with Crippen LogP contribution < -0.4 is 0 Å². The maximum Gasteiger partial charge on any atom is 0.150 e. The van der Waals surface area contributed by atoms with Crippen LogP contribution in [0.5, 0.6) is 0 Å². The zero-order chi connectivity index (χ0) is 15.4. The van der Waals surface area contributed by atoms with E-state index in [0.717, 1.165) is 28.7 Å². The molecule has 0 amide bonds. The third kappa shape index (κ3) is 2.63. The van der Waals surface area contributed by atoms with Crippen LogP contribution in [-0.4, -0.2) is 11.3 Å². The molecule has 22 heavy (non-hydrogen) atoms. The van der Waals surface area contributed by atoms with E-state index in [1.165, 1.54) is 0 Å². The molecule has 2 aromatic carbocycles. The monoisotopic (exact) mass is 284 g/mol. The van der Waals surface area contributed by atoms with E-state index in [0.29, 0.717) is 11.1 Å². The molecule has 0 aliphatic rings. The zero-order valence-electron chi connectivity index (χ0n) is 11.7. The number of aldehydes is 1. The summed E-state index contributed by atoms with van der Waals surface area (Å²) in [6, 6.07) is 21.0. The highest BCUT2D eigenvalue weighted by atomic mass is 16.1. The molecular weight excluding hydrogens is 272 g/mol. The van der Waals surface area contributed by atoms with Crippen molar-refractivity contribution >= 4 is 6.29 Å².